The lowest BCUT2D eigenvalue weighted by Crippen LogP contribution is -2.35. The monoisotopic (exact) mass is 359 g/mol. The van der Waals surface area contributed by atoms with Gasteiger partial charge in [-0.15, -0.1) is 0 Å². The molecule has 0 aliphatic carbocycles. The predicted molar refractivity (Wildman–Crippen MR) is 108 cm³/mol. The summed E-state index contributed by atoms with van der Waals surface area (Å²) in [6.07, 6.45) is 4.54. The minimum absolute atomic E-state index is 0.482. The molecular weight excluding hydrogens is 334 g/mol. The lowest BCUT2D eigenvalue weighted by atomic mass is 9.97. The van der Waals surface area contributed by atoms with Crippen LogP contribution in [0, 0.1) is 6.92 Å². The van der Waals surface area contributed by atoms with Crippen molar-refractivity contribution in [2.45, 2.75) is 32.2 Å². The number of benzene rings is 1. The van der Waals surface area contributed by atoms with Gasteiger partial charge < -0.3 is 8.97 Å². The molecule has 27 heavy (non-hydrogen) atoms. The molecule has 0 radical (unpaired) electrons. The van der Waals surface area contributed by atoms with Crippen LogP contribution in [0.3, 0.4) is 0 Å². The first-order valence-electron chi connectivity index (χ1n) is 9.77. The number of aryl methyl sites for hydroxylation is 2. The molecule has 4 heterocycles. The molecule has 1 aliphatic rings. The van der Waals surface area contributed by atoms with Gasteiger partial charge >= 0.3 is 0 Å². The summed E-state index contributed by atoms with van der Waals surface area (Å²) in [6.45, 7) is 5.25. The minimum Gasteiger partial charge on any atom is -0.331 e. The fraction of sp³-hybridized carbons (Fsp3) is 0.364. The van der Waals surface area contributed by atoms with Crippen molar-refractivity contribution in [3.8, 4) is 0 Å². The van der Waals surface area contributed by atoms with E-state index in [2.05, 4.69) is 70.4 Å². The molecule has 1 saturated heterocycles. The third-order valence-electron chi connectivity index (χ3n) is 5.89. The number of hydrogen-bond acceptors (Lipinski definition) is 3. The first-order valence-corrected chi connectivity index (χ1v) is 9.77. The van der Waals surface area contributed by atoms with Gasteiger partial charge in [0.05, 0.1) is 22.4 Å². The second-order valence-electron chi connectivity index (χ2n) is 7.66. The van der Waals surface area contributed by atoms with Crippen LogP contribution < -0.4 is 0 Å². The van der Waals surface area contributed by atoms with Gasteiger partial charge in [0, 0.05) is 32.3 Å². The van der Waals surface area contributed by atoms with E-state index in [-0.39, 0.29) is 0 Å². The van der Waals surface area contributed by atoms with Gasteiger partial charge in [0.25, 0.3) is 0 Å². The van der Waals surface area contributed by atoms with Crippen molar-refractivity contribution in [1.29, 1.82) is 0 Å². The van der Waals surface area contributed by atoms with Crippen LogP contribution in [0.25, 0.3) is 16.7 Å². The number of fused-ring (bicyclic) bond motifs is 2. The highest BCUT2D eigenvalue weighted by Crippen LogP contribution is 2.29. The summed E-state index contributed by atoms with van der Waals surface area (Å²) in [5.41, 5.74) is 5.79. The second-order valence-corrected chi connectivity index (χ2v) is 7.66. The highest BCUT2D eigenvalue weighted by Gasteiger charge is 2.26. The van der Waals surface area contributed by atoms with Gasteiger partial charge in [-0.3, -0.25) is 4.90 Å². The van der Waals surface area contributed by atoms with Gasteiger partial charge in [-0.25, -0.2) is 9.97 Å². The average Bonchev–Trinajstić information content (AvgIpc) is 3.20. The van der Waals surface area contributed by atoms with Crippen molar-refractivity contribution in [2.75, 3.05) is 13.1 Å². The zero-order valence-electron chi connectivity index (χ0n) is 16.0. The van der Waals surface area contributed by atoms with Crippen LogP contribution in [-0.2, 0) is 13.6 Å². The third kappa shape index (κ3) is 2.82. The normalized spacial score (nSPS) is 18.5. The van der Waals surface area contributed by atoms with Gasteiger partial charge in [-0.05, 0) is 50.6 Å². The van der Waals surface area contributed by atoms with Gasteiger partial charge in [-0.2, -0.15) is 0 Å². The molecule has 3 aromatic heterocycles. The van der Waals surface area contributed by atoms with Crippen LogP contribution in [-0.4, -0.2) is 36.9 Å². The predicted octanol–water partition coefficient (Wildman–Crippen LogP) is 3.91. The molecule has 4 aromatic rings. The van der Waals surface area contributed by atoms with E-state index in [0.29, 0.717) is 5.92 Å². The number of aromatic nitrogens is 4. The fourth-order valence-corrected chi connectivity index (χ4v) is 4.51. The van der Waals surface area contributed by atoms with Crippen LogP contribution in [0.4, 0.5) is 0 Å². The number of piperidine rings is 1. The fourth-order valence-electron chi connectivity index (χ4n) is 4.51. The van der Waals surface area contributed by atoms with E-state index in [1.165, 1.54) is 29.9 Å². The van der Waals surface area contributed by atoms with Crippen LogP contribution in [0.1, 0.15) is 36.0 Å². The summed E-state index contributed by atoms with van der Waals surface area (Å²) in [7, 11) is 2.15. The number of nitrogens with zero attached hydrogens (tertiary/aromatic N) is 5. The molecular formula is C22H25N5. The van der Waals surface area contributed by atoms with Crippen LogP contribution >= 0.6 is 0 Å². The van der Waals surface area contributed by atoms with Gasteiger partial charge in [0.15, 0.2) is 0 Å². The van der Waals surface area contributed by atoms with E-state index in [0.717, 1.165) is 36.5 Å². The molecule has 1 aromatic carbocycles. The van der Waals surface area contributed by atoms with E-state index in [1.54, 1.807) is 0 Å². The molecule has 138 valence electrons. The Kier molecular flexibility index (Phi) is 3.97. The highest BCUT2D eigenvalue weighted by molar-refractivity contribution is 5.75. The topological polar surface area (TPSA) is 38.4 Å². The number of para-hydroxylation sites is 2. The summed E-state index contributed by atoms with van der Waals surface area (Å²) < 4.78 is 4.51. The minimum atomic E-state index is 0.482. The van der Waals surface area contributed by atoms with Crippen molar-refractivity contribution in [2.24, 2.45) is 7.05 Å². The van der Waals surface area contributed by atoms with Crippen molar-refractivity contribution in [3.05, 3.63) is 65.9 Å². The first-order chi connectivity index (χ1) is 13.2. The Balaban J connectivity index is 1.42. The van der Waals surface area contributed by atoms with Crippen molar-refractivity contribution in [3.63, 3.8) is 0 Å². The molecule has 0 spiro atoms. The van der Waals surface area contributed by atoms with E-state index in [9.17, 15) is 0 Å². The van der Waals surface area contributed by atoms with E-state index in [4.69, 9.17) is 9.97 Å². The van der Waals surface area contributed by atoms with Crippen LogP contribution in [0.15, 0.2) is 48.7 Å². The Morgan fingerprint density at radius 3 is 2.81 bits per heavy atom. The number of pyridine rings is 1. The Bertz CT molecular complexity index is 1110. The SMILES string of the molecule is Cc1nc2ccccn2c1CN1CCC[C@@H](c2nc3ccccc3n2C)C1. The molecule has 5 nitrogen and oxygen atoms in total. The summed E-state index contributed by atoms with van der Waals surface area (Å²) in [4.78, 5) is 12.2. The van der Waals surface area contributed by atoms with E-state index < -0.39 is 0 Å². The Morgan fingerprint density at radius 1 is 1.07 bits per heavy atom. The molecule has 1 aliphatic heterocycles. The summed E-state index contributed by atoms with van der Waals surface area (Å²) in [5, 5.41) is 0. The Labute approximate surface area is 159 Å². The van der Waals surface area contributed by atoms with E-state index in [1.807, 2.05) is 6.07 Å². The average molecular weight is 359 g/mol. The molecule has 5 rings (SSSR count). The van der Waals surface area contributed by atoms with Gasteiger partial charge in [0.1, 0.15) is 11.5 Å². The number of likely N-dealkylation sites (tertiary alicyclic amines) is 1. The molecule has 0 saturated carbocycles. The molecule has 0 N–H and O–H groups in total. The smallest absolute Gasteiger partial charge is 0.137 e. The van der Waals surface area contributed by atoms with Gasteiger partial charge in [0.2, 0.25) is 0 Å². The zero-order chi connectivity index (χ0) is 18.4. The third-order valence-corrected chi connectivity index (χ3v) is 5.89. The second kappa shape index (κ2) is 6.50. The quantitative estimate of drug-likeness (QED) is 0.557. The highest BCUT2D eigenvalue weighted by atomic mass is 15.2. The van der Waals surface area contributed by atoms with Gasteiger partial charge in [-0.1, -0.05) is 18.2 Å². The van der Waals surface area contributed by atoms with Crippen molar-refractivity contribution >= 4 is 16.7 Å². The molecule has 0 amide bonds. The lowest BCUT2D eigenvalue weighted by Gasteiger charge is -2.32. The Hall–Kier alpha value is -2.66. The maximum Gasteiger partial charge on any atom is 0.137 e. The molecule has 5 heteroatoms. The maximum atomic E-state index is 4.95. The van der Waals surface area contributed by atoms with E-state index >= 15 is 0 Å². The van der Waals surface area contributed by atoms with Crippen molar-refractivity contribution < 1.29 is 0 Å². The number of rotatable bonds is 3. The van der Waals surface area contributed by atoms with Crippen molar-refractivity contribution in [1.82, 2.24) is 23.8 Å². The molecule has 0 unspecified atom stereocenters. The summed E-state index contributed by atoms with van der Waals surface area (Å²) in [6, 6.07) is 14.6. The zero-order valence-corrected chi connectivity index (χ0v) is 16.0. The summed E-state index contributed by atoms with van der Waals surface area (Å²) in [5.74, 6) is 1.70. The lowest BCUT2D eigenvalue weighted by molar-refractivity contribution is 0.192. The van der Waals surface area contributed by atoms with Crippen LogP contribution in [0.5, 0.6) is 0 Å². The standard InChI is InChI=1S/C22H25N5/c1-16-20(27-13-6-5-11-21(27)23-16)15-26-12-7-8-17(14-26)22-24-18-9-3-4-10-19(18)25(22)2/h3-6,9-11,13,17H,7-8,12,14-15H2,1-2H3/t17-/m1/s1. The number of imidazole rings is 2. The molecule has 0 bridgehead atoms. The number of hydrogen-bond donors (Lipinski definition) is 0. The first kappa shape index (κ1) is 16.5. The van der Waals surface area contributed by atoms with Crippen LogP contribution in [0.2, 0.25) is 0 Å². The molecule has 1 atom stereocenters. The summed E-state index contributed by atoms with van der Waals surface area (Å²) >= 11 is 0. The Morgan fingerprint density at radius 2 is 1.93 bits per heavy atom. The largest absolute Gasteiger partial charge is 0.331 e. The maximum absolute atomic E-state index is 4.95. The molecule has 1 fully saturated rings.